The molecule has 1 atom stereocenters. The van der Waals surface area contributed by atoms with Gasteiger partial charge in [-0.1, -0.05) is 81.4 Å². The standard InChI is InChI=1S/C31H36O3Si/c1-21(32)22-12-14-23(15-13-22)30(24-16-18-25(33-5)19-17-24)28-20-29(27-11-9-8-10-26(27)28)34-35(6,7)31(2,3)4/h8-19,29H,20H2,1-7H3/b30-28-. The van der Waals surface area contributed by atoms with Crippen molar-refractivity contribution in [2.24, 2.45) is 0 Å². The minimum atomic E-state index is -1.97. The van der Waals surface area contributed by atoms with Crippen LogP contribution in [0.5, 0.6) is 5.75 Å². The Labute approximate surface area is 210 Å². The highest BCUT2D eigenvalue weighted by Gasteiger charge is 2.42. The third-order valence-corrected chi connectivity index (χ3v) is 12.0. The Morgan fingerprint density at radius 3 is 1.94 bits per heavy atom. The zero-order valence-electron chi connectivity index (χ0n) is 21.9. The van der Waals surface area contributed by atoms with Gasteiger partial charge in [0.25, 0.3) is 0 Å². The summed E-state index contributed by atoms with van der Waals surface area (Å²) in [4.78, 5) is 11.9. The van der Waals surface area contributed by atoms with Gasteiger partial charge in [-0.3, -0.25) is 4.79 Å². The topological polar surface area (TPSA) is 35.5 Å². The molecular formula is C31H36O3Si. The Morgan fingerprint density at radius 1 is 0.857 bits per heavy atom. The number of ether oxygens (including phenoxy) is 1. The van der Waals surface area contributed by atoms with Crippen molar-refractivity contribution >= 4 is 25.2 Å². The number of hydrogen-bond acceptors (Lipinski definition) is 3. The minimum Gasteiger partial charge on any atom is -0.497 e. The fraction of sp³-hybridized carbons (Fsp3) is 0.323. The lowest BCUT2D eigenvalue weighted by Crippen LogP contribution is -2.41. The third-order valence-electron chi connectivity index (χ3n) is 7.53. The molecule has 3 nitrogen and oxygen atoms in total. The molecule has 1 unspecified atom stereocenters. The molecule has 1 aliphatic carbocycles. The van der Waals surface area contributed by atoms with Gasteiger partial charge < -0.3 is 9.16 Å². The summed E-state index contributed by atoms with van der Waals surface area (Å²) in [6.45, 7) is 13.1. The van der Waals surface area contributed by atoms with Crippen LogP contribution in [0.2, 0.25) is 18.1 Å². The second kappa shape index (κ2) is 9.60. The molecule has 0 N–H and O–H groups in total. The predicted molar refractivity (Wildman–Crippen MR) is 147 cm³/mol. The van der Waals surface area contributed by atoms with Crippen molar-refractivity contribution in [3.05, 3.63) is 101 Å². The van der Waals surface area contributed by atoms with Gasteiger partial charge in [-0.25, -0.2) is 0 Å². The van der Waals surface area contributed by atoms with Crippen molar-refractivity contribution in [2.75, 3.05) is 7.11 Å². The average molecular weight is 485 g/mol. The van der Waals surface area contributed by atoms with Crippen LogP contribution in [0.1, 0.15) is 72.8 Å². The maximum absolute atomic E-state index is 11.9. The number of fused-ring (bicyclic) bond motifs is 1. The van der Waals surface area contributed by atoms with Gasteiger partial charge in [0, 0.05) is 12.0 Å². The first-order valence-corrected chi connectivity index (χ1v) is 15.2. The molecule has 4 heteroatoms. The highest BCUT2D eigenvalue weighted by Crippen LogP contribution is 2.50. The van der Waals surface area contributed by atoms with Crippen LogP contribution in [0.3, 0.4) is 0 Å². The van der Waals surface area contributed by atoms with Crippen molar-refractivity contribution in [3.8, 4) is 5.75 Å². The second-order valence-corrected chi connectivity index (χ2v) is 15.6. The number of hydrogen-bond donors (Lipinski definition) is 0. The van der Waals surface area contributed by atoms with Crippen LogP contribution >= 0.6 is 0 Å². The molecule has 0 saturated heterocycles. The van der Waals surface area contributed by atoms with Gasteiger partial charge in [0.15, 0.2) is 14.1 Å². The zero-order chi connectivity index (χ0) is 25.4. The molecule has 3 aromatic carbocycles. The number of Topliss-reactive ketones (excluding diaryl/α,β-unsaturated/α-hetero) is 1. The Balaban J connectivity index is 1.89. The fourth-order valence-corrected chi connectivity index (χ4v) is 5.75. The lowest BCUT2D eigenvalue weighted by molar-refractivity contribution is 0.101. The van der Waals surface area contributed by atoms with Crippen molar-refractivity contribution in [1.82, 2.24) is 0 Å². The van der Waals surface area contributed by atoms with E-state index in [1.807, 2.05) is 24.3 Å². The maximum atomic E-state index is 11.9. The lowest BCUT2D eigenvalue weighted by atomic mass is 9.89. The summed E-state index contributed by atoms with van der Waals surface area (Å²) in [5.41, 5.74) is 7.91. The number of carbonyl (C=O) groups excluding carboxylic acids is 1. The Morgan fingerprint density at radius 2 is 1.40 bits per heavy atom. The molecule has 1 aliphatic rings. The first-order valence-electron chi connectivity index (χ1n) is 12.3. The van der Waals surface area contributed by atoms with Crippen molar-refractivity contribution in [2.45, 2.75) is 58.4 Å². The molecule has 182 valence electrons. The summed E-state index contributed by atoms with van der Waals surface area (Å²) in [5.74, 6) is 0.903. The van der Waals surface area contributed by atoms with Crippen LogP contribution in [0.4, 0.5) is 0 Å². The number of benzene rings is 3. The van der Waals surface area contributed by atoms with Crippen LogP contribution in [0.15, 0.2) is 72.8 Å². The van der Waals surface area contributed by atoms with Crippen LogP contribution in [-0.4, -0.2) is 21.2 Å². The monoisotopic (exact) mass is 484 g/mol. The normalized spacial score (nSPS) is 17.2. The van der Waals surface area contributed by atoms with E-state index in [1.165, 1.54) is 22.3 Å². The molecule has 0 heterocycles. The number of ketones is 1. The Kier molecular flexibility index (Phi) is 6.89. The van der Waals surface area contributed by atoms with Gasteiger partial charge >= 0.3 is 0 Å². The summed E-state index contributed by atoms with van der Waals surface area (Å²) >= 11 is 0. The molecule has 0 aromatic heterocycles. The summed E-state index contributed by atoms with van der Waals surface area (Å²) < 4.78 is 12.4. The van der Waals surface area contributed by atoms with Crippen LogP contribution < -0.4 is 4.74 Å². The van der Waals surface area contributed by atoms with E-state index in [1.54, 1.807) is 14.0 Å². The molecule has 3 aromatic rings. The average Bonchev–Trinajstić information content (AvgIpc) is 3.17. The van der Waals surface area contributed by atoms with Gasteiger partial charge in [-0.2, -0.15) is 0 Å². The minimum absolute atomic E-state index is 0.0341. The SMILES string of the molecule is COc1ccc(/C(=C2/CC(O[Si](C)(C)C(C)(C)C)c3ccccc32)c2ccc(C(C)=O)cc2)cc1. The van der Waals surface area contributed by atoms with Gasteiger partial charge in [-0.05, 0) is 70.6 Å². The molecule has 0 radical (unpaired) electrons. The highest BCUT2D eigenvalue weighted by atomic mass is 28.4. The van der Waals surface area contributed by atoms with Crippen LogP contribution in [-0.2, 0) is 4.43 Å². The summed E-state index contributed by atoms with van der Waals surface area (Å²) in [6.07, 6.45) is 0.855. The van der Waals surface area contributed by atoms with E-state index in [-0.39, 0.29) is 16.9 Å². The quantitative estimate of drug-likeness (QED) is 0.261. The lowest BCUT2D eigenvalue weighted by Gasteiger charge is -2.38. The van der Waals surface area contributed by atoms with Crippen LogP contribution in [0.25, 0.3) is 11.1 Å². The Hall–Kier alpha value is -2.95. The first-order chi connectivity index (χ1) is 16.5. The summed E-state index contributed by atoms with van der Waals surface area (Å²) in [6, 6.07) is 24.9. The highest BCUT2D eigenvalue weighted by molar-refractivity contribution is 6.74. The largest absolute Gasteiger partial charge is 0.497 e. The van der Waals surface area contributed by atoms with E-state index in [0.29, 0.717) is 0 Å². The molecule has 0 amide bonds. The smallest absolute Gasteiger partial charge is 0.192 e. The Bertz CT molecular complexity index is 1250. The molecule has 0 saturated carbocycles. The number of methoxy groups -OCH3 is 1. The van der Waals surface area contributed by atoms with Crippen molar-refractivity contribution in [1.29, 1.82) is 0 Å². The van der Waals surface area contributed by atoms with Gasteiger partial charge in [0.2, 0.25) is 0 Å². The van der Waals surface area contributed by atoms with E-state index in [4.69, 9.17) is 9.16 Å². The second-order valence-electron chi connectivity index (χ2n) is 10.9. The van der Waals surface area contributed by atoms with Gasteiger partial charge in [-0.15, -0.1) is 0 Å². The number of rotatable bonds is 6. The van der Waals surface area contributed by atoms with Crippen molar-refractivity contribution in [3.63, 3.8) is 0 Å². The van der Waals surface area contributed by atoms with Gasteiger partial charge in [0.05, 0.1) is 13.2 Å². The van der Waals surface area contributed by atoms with Crippen LogP contribution in [0, 0.1) is 0 Å². The summed E-state index contributed by atoms with van der Waals surface area (Å²) in [5, 5.41) is 0.135. The summed E-state index contributed by atoms with van der Waals surface area (Å²) in [7, 11) is -0.285. The molecule has 35 heavy (non-hydrogen) atoms. The van der Waals surface area contributed by atoms with E-state index < -0.39 is 8.32 Å². The fourth-order valence-electron chi connectivity index (χ4n) is 4.48. The molecule has 0 spiro atoms. The molecule has 0 bridgehead atoms. The predicted octanol–water partition coefficient (Wildman–Crippen LogP) is 8.32. The number of carbonyl (C=O) groups is 1. The third kappa shape index (κ3) is 5.05. The van der Waals surface area contributed by atoms with Gasteiger partial charge in [0.1, 0.15) is 5.75 Å². The molecular weight excluding hydrogens is 448 g/mol. The molecule has 0 fully saturated rings. The maximum Gasteiger partial charge on any atom is 0.192 e. The van der Waals surface area contributed by atoms with E-state index in [9.17, 15) is 4.79 Å². The molecule has 4 rings (SSSR count). The van der Waals surface area contributed by atoms with E-state index >= 15 is 0 Å². The van der Waals surface area contributed by atoms with E-state index in [2.05, 4.69) is 82.4 Å². The molecule has 0 aliphatic heterocycles. The van der Waals surface area contributed by atoms with E-state index in [0.717, 1.165) is 28.9 Å². The zero-order valence-corrected chi connectivity index (χ0v) is 22.9. The first kappa shape index (κ1) is 25.1. The van der Waals surface area contributed by atoms with Crippen molar-refractivity contribution < 1.29 is 14.0 Å².